The Morgan fingerprint density at radius 2 is 2.38 bits per heavy atom. The number of thiophene rings is 1. The van der Waals surface area contributed by atoms with Crippen LogP contribution in [0.1, 0.15) is 4.88 Å². The van der Waals surface area contributed by atoms with E-state index in [1.807, 2.05) is 0 Å². The number of carbonyl (C=O) groups is 1. The number of carboxylic acid groups (broad SMARTS) is 1. The van der Waals surface area contributed by atoms with Gasteiger partial charge in [-0.15, -0.1) is 0 Å². The van der Waals surface area contributed by atoms with Gasteiger partial charge in [0.15, 0.2) is 0 Å². The molecule has 0 aliphatic rings. The van der Waals surface area contributed by atoms with Gasteiger partial charge in [-0.1, -0.05) is 11.3 Å². The van der Waals surface area contributed by atoms with Gasteiger partial charge in [0.05, 0.1) is 4.92 Å². The van der Waals surface area contributed by atoms with Crippen molar-refractivity contribution >= 4 is 22.5 Å². The molecule has 1 aromatic rings. The predicted molar refractivity (Wildman–Crippen MR) is 43.8 cm³/mol. The van der Waals surface area contributed by atoms with E-state index in [1.54, 1.807) is 0 Å². The molecule has 0 atom stereocenters. The molecule has 0 aliphatic carbocycles. The van der Waals surface area contributed by atoms with Crippen LogP contribution in [0.3, 0.4) is 0 Å². The molecule has 0 radical (unpaired) electrons. The first-order valence-corrected chi connectivity index (χ1v) is 4.00. The molecule has 7 heteroatoms. The van der Waals surface area contributed by atoms with Gasteiger partial charge in [0.1, 0.15) is 6.61 Å². The van der Waals surface area contributed by atoms with E-state index < -0.39 is 11.1 Å². The first-order valence-electron chi connectivity index (χ1n) is 3.18. The molecule has 1 heterocycles. The molecule has 0 saturated heterocycles. The van der Waals surface area contributed by atoms with E-state index in [1.165, 1.54) is 12.1 Å². The van der Waals surface area contributed by atoms with Crippen LogP contribution in [-0.4, -0.2) is 16.2 Å². The first-order chi connectivity index (χ1) is 6.09. The van der Waals surface area contributed by atoms with Crippen LogP contribution in [0, 0.1) is 10.1 Å². The molecular formula is C6H5NO5S. The fourth-order valence-electron chi connectivity index (χ4n) is 0.675. The topological polar surface area (TPSA) is 89.7 Å². The van der Waals surface area contributed by atoms with Crippen LogP contribution in [-0.2, 0) is 11.3 Å². The Hall–Kier alpha value is -1.63. The maximum Gasteiger partial charge on any atom is 0.506 e. The second-order valence-corrected chi connectivity index (χ2v) is 3.20. The van der Waals surface area contributed by atoms with Gasteiger partial charge in [-0.2, -0.15) is 0 Å². The molecule has 0 unspecified atom stereocenters. The zero-order chi connectivity index (χ0) is 9.84. The number of nitrogens with zero attached hydrogens (tertiary/aromatic N) is 1. The average Bonchev–Trinajstić information content (AvgIpc) is 2.48. The molecule has 0 spiro atoms. The smallest absolute Gasteiger partial charge is 0.450 e. The van der Waals surface area contributed by atoms with Gasteiger partial charge in [-0.05, 0) is 6.07 Å². The minimum Gasteiger partial charge on any atom is -0.450 e. The van der Waals surface area contributed by atoms with Crippen molar-refractivity contribution < 1.29 is 19.6 Å². The van der Waals surface area contributed by atoms with Gasteiger partial charge in [-0.3, -0.25) is 10.1 Å². The standard InChI is InChI=1S/C6H5NO5S/c8-6(9)12-3-4-1-2-5(13-4)7(10)11/h1-2H,3H2,(H,8,9). The lowest BCUT2D eigenvalue weighted by Crippen LogP contribution is -1.98. The lowest BCUT2D eigenvalue weighted by molar-refractivity contribution is -0.380. The maximum atomic E-state index is 10.2. The molecule has 6 nitrogen and oxygen atoms in total. The minimum atomic E-state index is -1.39. The van der Waals surface area contributed by atoms with E-state index >= 15 is 0 Å². The molecule has 0 bridgehead atoms. The van der Waals surface area contributed by atoms with Crippen LogP contribution in [0.2, 0.25) is 0 Å². The van der Waals surface area contributed by atoms with E-state index in [0.717, 1.165) is 11.3 Å². The van der Waals surface area contributed by atoms with Crippen molar-refractivity contribution in [1.82, 2.24) is 0 Å². The minimum absolute atomic E-state index is 0.0241. The molecule has 0 amide bonds. The molecule has 13 heavy (non-hydrogen) atoms. The van der Waals surface area contributed by atoms with Crippen LogP contribution < -0.4 is 0 Å². The molecule has 0 aromatic carbocycles. The summed E-state index contributed by atoms with van der Waals surface area (Å²) in [5.41, 5.74) is 0. The van der Waals surface area contributed by atoms with Crippen molar-refractivity contribution in [2.75, 3.05) is 0 Å². The van der Waals surface area contributed by atoms with Crippen molar-refractivity contribution in [3.05, 3.63) is 27.1 Å². The van der Waals surface area contributed by atoms with Gasteiger partial charge in [0.2, 0.25) is 0 Å². The average molecular weight is 203 g/mol. The Labute approximate surface area is 76.5 Å². The second-order valence-electron chi connectivity index (χ2n) is 2.05. The number of ether oxygens (including phenoxy) is 1. The lowest BCUT2D eigenvalue weighted by atomic mass is 10.5. The number of hydrogen-bond donors (Lipinski definition) is 1. The number of rotatable bonds is 3. The summed E-state index contributed by atoms with van der Waals surface area (Å²) in [6.45, 7) is -0.145. The van der Waals surface area contributed by atoms with Crippen molar-refractivity contribution in [3.8, 4) is 0 Å². The van der Waals surface area contributed by atoms with Crippen LogP contribution in [0.15, 0.2) is 12.1 Å². The Morgan fingerprint density at radius 1 is 1.69 bits per heavy atom. The Bertz CT molecular complexity index is 334. The third-order valence-corrected chi connectivity index (χ3v) is 2.18. The van der Waals surface area contributed by atoms with E-state index in [-0.39, 0.29) is 11.6 Å². The fourth-order valence-corrected chi connectivity index (χ4v) is 1.41. The highest BCUT2D eigenvalue weighted by atomic mass is 32.1. The lowest BCUT2D eigenvalue weighted by Gasteiger charge is -1.94. The molecule has 1 rings (SSSR count). The summed E-state index contributed by atoms with van der Waals surface area (Å²) in [7, 11) is 0. The zero-order valence-electron chi connectivity index (χ0n) is 6.30. The van der Waals surface area contributed by atoms with Gasteiger partial charge >= 0.3 is 11.2 Å². The van der Waals surface area contributed by atoms with Gasteiger partial charge in [-0.25, -0.2) is 4.79 Å². The monoisotopic (exact) mass is 203 g/mol. The zero-order valence-corrected chi connectivity index (χ0v) is 7.11. The van der Waals surface area contributed by atoms with Crippen molar-refractivity contribution in [3.63, 3.8) is 0 Å². The van der Waals surface area contributed by atoms with E-state index in [4.69, 9.17) is 5.11 Å². The first kappa shape index (κ1) is 9.46. The van der Waals surface area contributed by atoms with Crippen LogP contribution in [0.4, 0.5) is 9.80 Å². The second kappa shape index (κ2) is 3.85. The molecule has 0 saturated carbocycles. The fraction of sp³-hybridized carbons (Fsp3) is 0.167. The molecule has 0 aliphatic heterocycles. The van der Waals surface area contributed by atoms with Crippen molar-refractivity contribution in [2.24, 2.45) is 0 Å². The summed E-state index contributed by atoms with van der Waals surface area (Å²) in [5.74, 6) is 0. The largest absolute Gasteiger partial charge is 0.506 e. The molecule has 1 N–H and O–H groups in total. The summed E-state index contributed by atoms with van der Waals surface area (Å²) < 4.78 is 4.23. The van der Waals surface area contributed by atoms with Crippen molar-refractivity contribution in [2.45, 2.75) is 6.61 Å². The van der Waals surface area contributed by atoms with E-state index in [0.29, 0.717) is 4.88 Å². The molecule has 0 fully saturated rings. The summed E-state index contributed by atoms with van der Waals surface area (Å²) in [5, 5.41) is 18.3. The van der Waals surface area contributed by atoms with Crippen LogP contribution >= 0.6 is 11.3 Å². The Kier molecular flexibility index (Phi) is 2.80. The Balaban J connectivity index is 2.59. The van der Waals surface area contributed by atoms with Crippen LogP contribution in [0.5, 0.6) is 0 Å². The number of nitro groups is 1. The predicted octanol–water partition coefficient (Wildman–Crippen LogP) is 1.85. The number of hydrogen-bond acceptors (Lipinski definition) is 5. The SMILES string of the molecule is O=C(O)OCc1ccc([N+](=O)[O-])s1. The summed E-state index contributed by atoms with van der Waals surface area (Å²) >= 11 is 0.896. The quantitative estimate of drug-likeness (QED) is 0.460. The Morgan fingerprint density at radius 3 is 2.85 bits per heavy atom. The van der Waals surface area contributed by atoms with Gasteiger partial charge in [0.25, 0.3) is 0 Å². The van der Waals surface area contributed by atoms with Gasteiger partial charge in [0, 0.05) is 10.9 Å². The summed E-state index contributed by atoms with van der Waals surface area (Å²) in [6.07, 6.45) is -1.39. The summed E-state index contributed by atoms with van der Waals surface area (Å²) in [4.78, 5) is 20.1. The highest BCUT2D eigenvalue weighted by molar-refractivity contribution is 7.15. The van der Waals surface area contributed by atoms with E-state index in [2.05, 4.69) is 4.74 Å². The highest BCUT2D eigenvalue weighted by Gasteiger charge is 2.10. The summed E-state index contributed by atoms with van der Waals surface area (Å²) in [6, 6.07) is 2.77. The van der Waals surface area contributed by atoms with Gasteiger partial charge < -0.3 is 9.84 Å². The van der Waals surface area contributed by atoms with Crippen LogP contribution in [0.25, 0.3) is 0 Å². The third kappa shape index (κ3) is 2.71. The maximum absolute atomic E-state index is 10.2. The molecule has 70 valence electrons. The van der Waals surface area contributed by atoms with Crippen molar-refractivity contribution in [1.29, 1.82) is 0 Å². The normalized spacial score (nSPS) is 9.54. The molecular weight excluding hydrogens is 198 g/mol. The highest BCUT2D eigenvalue weighted by Crippen LogP contribution is 2.24. The van der Waals surface area contributed by atoms with E-state index in [9.17, 15) is 14.9 Å². The molecule has 1 aromatic heterocycles. The third-order valence-electron chi connectivity index (χ3n) is 1.17.